The molecular formula is C10H9ClN2O. The maximum absolute atomic E-state index is 11.0. The van der Waals surface area contributed by atoms with E-state index in [-0.39, 0.29) is 12.3 Å². The van der Waals surface area contributed by atoms with E-state index in [0.29, 0.717) is 5.28 Å². The molecule has 0 saturated heterocycles. The van der Waals surface area contributed by atoms with Crippen LogP contribution in [-0.2, 0) is 11.3 Å². The molecule has 1 aromatic heterocycles. The molecule has 0 N–H and O–H groups in total. The molecule has 0 fully saturated rings. The lowest BCUT2D eigenvalue weighted by Gasteiger charge is -2.01. The zero-order valence-corrected chi connectivity index (χ0v) is 8.45. The van der Waals surface area contributed by atoms with Gasteiger partial charge < -0.3 is 4.57 Å². The van der Waals surface area contributed by atoms with Crippen LogP contribution in [0.2, 0.25) is 5.28 Å². The van der Waals surface area contributed by atoms with Crippen molar-refractivity contribution in [2.45, 2.75) is 13.5 Å². The van der Waals surface area contributed by atoms with Gasteiger partial charge in [0.15, 0.2) is 0 Å². The lowest BCUT2D eigenvalue weighted by Crippen LogP contribution is -2.05. The maximum atomic E-state index is 11.0. The van der Waals surface area contributed by atoms with E-state index >= 15 is 0 Å². The largest absolute Gasteiger partial charge is 0.307 e. The van der Waals surface area contributed by atoms with Gasteiger partial charge in [0.05, 0.1) is 17.6 Å². The minimum Gasteiger partial charge on any atom is -0.307 e. The molecule has 2 rings (SSSR count). The molecule has 4 heteroatoms. The number of imidazole rings is 1. The average Bonchev–Trinajstić information content (AvgIpc) is 2.43. The smallest absolute Gasteiger partial charge is 0.204 e. The molecule has 0 amide bonds. The Balaban J connectivity index is 2.62. The lowest BCUT2D eigenvalue weighted by molar-refractivity contribution is -0.117. The minimum atomic E-state index is 0.0649. The van der Waals surface area contributed by atoms with Crippen molar-refractivity contribution in [1.82, 2.24) is 9.55 Å². The molecular weight excluding hydrogens is 200 g/mol. The van der Waals surface area contributed by atoms with Gasteiger partial charge in [-0.1, -0.05) is 12.1 Å². The van der Waals surface area contributed by atoms with Gasteiger partial charge in [-0.05, 0) is 30.7 Å². The number of aromatic nitrogens is 2. The van der Waals surface area contributed by atoms with Crippen molar-refractivity contribution >= 4 is 28.4 Å². The summed E-state index contributed by atoms with van der Waals surface area (Å²) in [4.78, 5) is 15.1. The van der Waals surface area contributed by atoms with Crippen molar-refractivity contribution in [3.8, 4) is 0 Å². The number of para-hydroxylation sites is 2. The molecule has 0 atom stereocenters. The second-order valence-corrected chi connectivity index (χ2v) is 3.50. The first-order valence-corrected chi connectivity index (χ1v) is 4.66. The zero-order chi connectivity index (χ0) is 10.1. The van der Waals surface area contributed by atoms with Crippen LogP contribution in [-0.4, -0.2) is 15.3 Å². The van der Waals surface area contributed by atoms with Gasteiger partial charge >= 0.3 is 0 Å². The first kappa shape index (κ1) is 9.21. The predicted octanol–water partition coefficient (Wildman–Crippen LogP) is 2.28. The molecule has 0 aliphatic rings. The van der Waals surface area contributed by atoms with Crippen LogP contribution in [0.3, 0.4) is 0 Å². The summed E-state index contributed by atoms with van der Waals surface area (Å²) in [5.41, 5.74) is 1.71. The van der Waals surface area contributed by atoms with Gasteiger partial charge in [-0.2, -0.15) is 0 Å². The Morgan fingerprint density at radius 3 is 2.93 bits per heavy atom. The first-order valence-electron chi connectivity index (χ1n) is 4.28. The van der Waals surface area contributed by atoms with Crippen molar-refractivity contribution < 1.29 is 4.79 Å². The van der Waals surface area contributed by atoms with E-state index < -0.39 is 0 Å². The highest BCUT2D eigenvalue weighted by atomic mass is 35.5. The Hall–Kier alpha value is -1.35. The standard InChI is InChI=1S/C10H9ClN2O/c1-7(14)6-13-9-5-3-2-4-8(9)12-10(13)11/h2-5H,6H2,1H3. The fraction of sp³-hybridized carbons (Fsp3) is 0.200. The fourth-order valence-electron chi connectivity index (χ4n) is 1.42. The summed E-state index contributed by atoms with van der Waals surface area (Å²) < 4.78 is 1.71. The Kier molecular flexibility index (Phi) is 2.25. The molecule has 3 nitrogen and oxygen atoms in total. The summed E-state index contributed by atoms with van der Waals surface area (Å²) in [6, 6.07) is 7.57. The van der Waals surface area contributed by atoms with Crippen molar-refractivity contribution in [2.24, 2.45) is 0 Å². The second-order valence-electron chi connectivity index (χ2n) is 3.16. The number of nitrogens with zero attached hydrogens (tertiary/aromatic N) is 2. The number of carbonyl (C=O) groups excluding carboxylic acids is 1. The van der Waals surface area contributed by atoms with E-state index in [9.17, 15) is 4.79 Å². The van der Waals surface area contributed by atoms with Gasteiger partial charge in [0, 0.05) is 0 Å². The monoisotopic (exact) mass is 208 g/mol. The summed E-state index contributed by atoms with van der Waals surface area (Å²) in [6.45, 7) is 1.81. The van der Waals surface area contributed by atoms with Crippen LogP contribution in [0.15, 0.2) is 24.3 Å². The number of rotatable bonds is 2. The van der Waals surface area contributed by atoms with E-state index in [1.165, 1.54) is 6.92 Å². The highest BCUT2D eigenvalue weighted by Gasteiger charge is 2.08. The van der Waals surface area contributed by atoms with E-state index in [4.69, 9.17) is 11.6 Å². The lowest BCUT2D eigenvalue weighted by atomic mass is 10.3. The molecule has 0 saturated carbocycles. The molecule has 0 bridgehead atoms. The number of ketones is 1. The Labute approximate surface area is 86.3 Å². The number of Topliss-reactive ketones (excluding diaryl/α,β-unsaturated/α-hetero) is 1. The quantitative estimate of drug-likeness (QED) is 0.759. The highest BCUT2D eigenvalue weighted by Crippen LogP contribution is 2.18. The number of hydrogen-bond acceptors (Lipinski definition) is 2. The van der Waals surface area contributed by atoms with Crippen LogP contribution in [0.4, 0.5) is 0 Å². The van der Waals surface area contributed by atoms with Crippen molar-refractivity contribution in [2.75, 3.05) is 0 Å². The molecule has 0 aliphatic carbocycles. The van der Waals surface area contributed by atoms with Crippen molar-refractivity contribution in [3.05, 3.63) is 29.5 Å². The van der Waals surface area contributed by atoms with Gasteiger partial charge in [-0.3, -0.25) is 4.79 Å². The first-order chi connectivity index (χ1) is 6.68. The van der Waals surface area contributed by atoms with E-state index in [1.54, 1.807) is 4.57 Å². The van der Waals surface area contributed by atoms with E-state index in [2.05, 4.69) is 4.98 Å². The highest BCUT2D eigenvalue weighted by molar-refractivity contribution is 6.29. The van der Waals surface area contributed by atoms with Gasteiger partial charge in [0.1, 0.15) is 5.78 Å². The molecule has 0 spiro atoms. The average molecular weight is 209 g/mol. The molecule has 1 heterocycles. The van der Waals surface area contributed by atoms with E-state index in [1.807, 2.05) is 24.3 Å². The second kappa shape index (κ2) is 3.42. The third-order valence-electron chi connectivity index (χ3n) is 1.99. The number of hydrogen-bond donors (Lipinski definition) is 0. The number of fused-ring (bicyclic) bond motifs is 1. The molecule has 72 valence electrons. The predicted molar refractivity (Wildman–Crippen MR) is 55.4 cm³/mol. The third kappa shape index (κ3) is 1.51. The number of carbonyl (C=O) groups is 1. The zero-order valence-electron chi connectivity index (χ0n) is 7.70. The van der Waals surface area contributed by atoms with Gasteiger partial charge in [0.25, 0.3) is 0 Å². The number of halogens is 1. The minimum absolute atomic E-state index is 0.0649. The summed E-state index contributed by atoms with van der Waals surface area (Å²) in [7, 11) is 0. The van der Waals surface area contributed by atoms with Crippen LogP contribution >= 0.6 is 11.6 Å². The summed E-state index contributed by atoms with van der Waals surface area (Å²) in [6.07, 6.45) is 0. The fourth-order valence-corrected chi connectivity index (χ4v) is 1.66. The molecule has 0 radical (unpaired) electrons. The van der Waals surface area contributed by atoms with Gasteiger partial charge in [0.2, 0.25) is 5.28 Å². The van der Waals surface area contributed by atoms with Crippen LogP contribution < -0.4 is 0 Å². The van der Waals surface area contributed by atoms with Crippen molar-refractivity contribution in [1.29, 1.82) is 0 Å². The SMILES string of the molecule is CC(=O)Cn1c(Cl)nc2ccccc21. The Morgan fingerprint density at radius 1 is 1.50 bits per heavy atom. The maximum Gasteiger partial charge on any atom is 0.204 e. The molecule has 0 aliphatic heterocycles. The topological polar surface area (TPSA) is 34.9 Å². The van der Waals surface area contributed by atoms with Crippen LogP contribution in [0.5, 0.6) is 0 Å². The van der Waals surface area contributed by atoms with Gasteiger partial charge in [-0.15, -0.1) is 0 Å². The van der Waals surface area contributed by atoms with Gasteiger partial charge in [-0.25, -0.2) is 4.98 Å². The van der Waals surface area contributed by atoms with Crippen LogP contribution in [0, 0.1) is 0 Å². The Morgan fingerprint density at radius 2 is 2.21 bits per heavy atom. The van der Waals surface area contributed by atoms with Crippen LogP contribution in [0.25, 0.3) is 11.0 Å². The molecule has 2 aromatic rings. The summed E-state index contributed by atoms with van der Waals surface area (Å²) in [5, 5.41) is 0.362. The third-order valence-corrected chi connectivity index (χ3v) is 2.28. The summed E-state index contributed by atoms with van der Waals surface area (Å²) >= 11 is 5.91. The molecule has 1 aromatic carbocycles. The molecule has 0 unspecified atom stereocenters. The molecule has 14 heavy (non-hydrogen) atoms. The number of benzene rings is 1. The normalized spacial score (nSPS) is 10.7. The summed E-state index contributed by atoms with van der Waals surface area (Å²) in [5.74, 6) is 0.0649. The Bertz CT molecular complexity index is 490. The van der Waals surface area contributed by atoms with Crippen LogP contribution in [0.1, 0.15) is 6.92 Å². The van der Waals surface area contributed by atoms with E-state index in [0.717, 1.165) is 11.0 Å². The van der Waals surface area contributed by atoms with Crippen molar-refractivity contribution in [3.63, 3.8) is 0 Å².